The minimum absolute atomic E-state index is 0.547. The Balaban J connectivity index is 1.89. The van der Waals surface area contributed by atoms with Crippen LogP contribution in [0, 0.1) is 12.8 Å². The molecule has 1 aromatic rings. The highest BCUT2D eigenvalue weighted by atomic mass is 16.5. The molecular formula is C21H36N4O2. The molecule has 27 heavy (non-hydrogen) atoms. The number of rotatable bonds is 9. The van der Waals surface area contributed by atoms with Gasteiger partial charge in [0, 0.05) is 38.3 Å². The Morgan fingerprint density at radius 3 is 2.74 bits per heavy atom. The van der Waals surface area contributed by atoms with Gasteiger partial charge in [0.15, 0.2) is 5.96 Å². The molecule has 1 aromatic carbocycles. The quantitative estimate of drug-likeness (QED) is 0.512. The van der Waals surface area contributed by atoms with E-state index in [4.69, 9.17) is 14.5 Å². The van der Waals surface area contributed by atoms with Crippen LogP contribution < -0.4 is 15.4 Å². The van der Waals surface area contributed by atoms with Gasteiger partial charge < -0.3 is 20.1 Å². The zero-order chi connectivity index (χ0) is 19.5. The highest BCUT2D eigenvalue weighted by Crippen LogP contribution is 2.21. The molecule has 0 radical (unpaired) electrons. The van der Waals surface area contributed by atoms with Crippen LogP contribution in [0.15, 0.2) is 23.2 Å². The SMILES string of the molecule is CCNC(=NCc1ccc(C)cc1OCC)NCC(C)CN1CCOCC1. The van der Waals surface area contributed by atoms with Crippen molar-refractivity contribution >= 4 is 5.96 Å². The normalized spacial score (nSPS) is 16.8. The lowest BCUT2D eigenvalue weighted by atomic mass is 10.1. The standard InChI is InChI=1S/C21H36N4O2/c1-5-22-21(23-14-18(4)16-25-9-11-26-12-10-25)24-15-19-8-7-17(3)13-20(19)27-6-2/h7-8,13,18H,5-6,9-12,14-16H2,1-4H3,(H2,22,23,24). The lowest BCUT2D eigenvalue weighted by Crippen LogP contribution is -2.44. The van der Waals surface area contributed by atoms with E-state index in [9.17, 15) is 0 Å². The molecule has 0 bridgehead atoms. The predicted octanol–water partition coefficient (Wildman–Crippen LogP) is 2.42. The zero-order valence-corrected chi connectivity index (χ0v) is 17.4. The lowest BCUT2D eigenvalue weighted by Gasteiger charge is -2.29. The van der Waals surface area contributed by atoms with Gasteiger partial charge in [0.2, 0.25) is 0 Å². The minimum atomic E-state index is 0.547. The van der Waals surface area contributed by atoms with Gasteiger partial charge in [-0.15, -0.1) is 0 Å². The summed E-state index contributed by atoms with van der Waals surface area (Å²) < 4.78 is 11.2. The second kappa shape index (κ2) is 11.8. The summed E-state index contributed by atoms with van der Waals surface area (Å²) in [4.78, 5) is 7.23. The van der Waals surface area contributed by atoms with Gasteiger partial charge in [-0.2, -0.15) is 0 Å². The fourth-order valence-corrected chi connectivity index (χ4v) is 3.15. The highest BCUT2D eigenvalue weighted by molar-refractivity contribution is 5.79. The van der Waals surface area contributed by atoms with Gasteiger partial charge in [-0.1, -0.05) is 19.1 Å². The third-order valence-electron chi connectivity index (χ3n) is 4.57. The molecule has 152 valence electrons. The molecule has 1 fully saturated rings. The first-order valence-electron chi connectivity index (χ1n) is 10.2. The van der Waals surface area contributed by atoms with Crippen LogP contribution in [0.2, 0.25) is 0 Å². The number of hydrogen-bond acceptors (Lipinski definition) is 4. The van der Waals surface area contributed by atoms with E-state index < -0.39 is 0 Å². The molecule has 0 aromatic heterocycles. The summed E-state index contributed by atoms with van der Waals surface area (Å²) in [5, 5.41) is 6.82. The molecule has 0 aliphatic carbocycles. The Morgan fingerprint density at radius 2 is 2.04 bits per heavy atom. The van der Waals surface area contributed by atoms with E-state index in [-0.39, 0.29) is 0 Å². The molecule has 2 rings (SSSR count). The van der Waals surface area contributed by atoms with Gasteiger partial charge in [0.25, 0.3) is 0 Å². The summed E-state index contributed by atoms with van der Waals surface area (Å²) in [6.45, 7) is 16.3. The molecule has 1 aliphatic heterocycles. The third kappa shape index (κ3) is 7.77. The first-order chi connectivity index (χ1) is 13.1. The maximum Gasteiger partial charge on any atom is 0.191 e. The molecular weight excluding hydrogens is 340 g/mol. The largest absolute Gasteiger partial charge is 0.494 e. The van der Waals surface area contributed by atoms with Crippen molar-refractivity contribution in [2.75, 3.05) is 52.5 Å². The first kappa shape index (κ1) is 21.5. The van der Waals surface area contributed by atoms with Crippen LogP contribution in [0.1, 0.15) is 31.9 Å². The maximum atomic E-state index is 5.77. The van der Waals surface area contributed by atoms with Crippen LogP contribution in [0.3, 0.4) is 0 Å². The van der Waals surface area contributed by atoms with Crippen molar-refractivity contribution in [2.24, 2.45) is 10.9 Å². The summed E-state index contributed by atoms with van der Waals surface area (Å²) in [6, 6.07) is 6.30. The number of aliphatic imine (C=N–C) groups is 1. The molecule has 1 heterocycles. The number of guanidine groups is 1. The number of morpholine rings is 1. The van der Waals surface area contributed by atoms with E-state index >= 15 is 0 Å². The highest BCUT2D eigenvalue weighted by Gasteiger charge is 2.14. The maximum absolute atomic E-state index is 5.77. The van der Waals surface area contributed by atoms with Crippen LogP contribution in [0.25, 0.3) is 0 Å². The van der Waals surface area contributed by atoms with E-state index in [1.165, 1.54) is 5.56 Å². The first-order valence-corrected chi connectivity index (χ1v) is 10.2. The molecule has 1 unspecified atom stereocenters. The molecule has 0 saturated carbocycles. The van der Waals surface area contributed by atoms with E-state index in [1.54, 1.807) is 0 Å². The average Bonchev–Trinajstić information content (AvgIpc) is 2.66. The second-order valence-electron chi connectivity index (χ2n) is 7.14. The fourth-order valence-electron chi connectivity index (χ4n) is 3.15. The monoisotopic (exact) mass is 376 g/mol. The molecule has 1 atom stereocenters. The van der Waals surface area contributed by atoms with E-state index in [2.05, 4.69) is 54.5 Å². The van der Waals surface area contributed by atoms with Crippen LogP contribution >= 0.6 is 0 Å². The summed E-state index contributed by atoms with van der Waals surface area (Å²) in [5.74, 6) is 2.33. The Bertz CT molecular complexity index is 586. The van der Waals surface area contributed by atoms with Gasteiger partial charge in [-0.3, -0.25) is 4.90 Å². The van der Waals surface area contributed by atoms with E-state index in [0.717, 1.165) is 63.2 Å². The van der Waals surface area contributed by atoms with Crippen LogP contribution in [0.4, 0.5) is 0 Å². The summed E-state index contributed by atoms with van der Waals surface area (Å²) >= 11 is 0. The van der Waals surface area contributed by atoms with Crippen molar-refractivity contribution in [3.63, 3.8) is 0 Å². The second-order valence-corrected chi connectivity index (χ2v) is 7.14. The number of nitrogens with one attached hydrogen (secondary N) is 2. The van der Waals surface area contributed by atoms with Gasteiger partial charge in [-0.25, -0.2) is 4.99 Å². The van der Waals surface area contributed by atoms with Crippen molar-refractivity contribution < 1.29 is 9.47 Å². The summed E-state index contributed by atoms with van der Waals surface area (Å²) in [6.07, 6.45) is 0. The molecule has 6 nitrogen and oxygen atoms in total. The van der Waals surface area contributed by atoms with Crippen molar-refractivity contribution in [3.8, 4) is 5.75 Å². The Labute approximate surface area is 164 Å². The Morgan fingerprint density at radius 1 is 1.26 bits per heavy atom. The summed E-state index contributed by atoms with van der Waals surface area (Å²) in [5.41, 5.74) is 2.31. The van der Waals surface area contributed by atoms with Crippen molar-refractivity contribution in [1.82, 2.24) is 15.5 Å². The van der Waals surface area contributed by atoms with Crippen molar-refractivity contribution in [2.45, 2.75) is 34.2 Å². The van der Waals surface area contributed by atoms with Gasteiger partial charge in [0.05, 0.1) is 26.4 Å². The molecule has 0 amide bonds. The van der Waals surface area contributed by atoms with E-state index in [1.807, 2.05) is 6.92 Å². The van der Waals surface area contributed by atoms with Crippen molar-refractivity contribution in [1.29, 1.82) is 0 Å². The zero-order valence-electron chi connectivity index (χ0n) is 17.4. The number of ether oxygens (including phenoxy) is 2. The number of hydrogen-bond donors (Lipinski definition) is 2. The number of aryl methyl sites for hydroxylation is 1. The number of benzene rings is 1. The van der Waals surface area contributed by atoms with Gasteiger partial charge in [0.1, 0.15) is 5.75 Å². The van der Waals surface area contributed by atoms with Crippen molar-refractivity contribution in [3.05, 3.63) is 29.3 Å². The van der Waals surface area contributed by atoms with Crippen LogP contribution in [0.5, 0.6) is 5.75 Å². The minimum Gasteiger partial charge on any atom is -0.494 e. The van der Waals surface area contributed by atoms with Gasteiger partial charge >= 0.3 is 0 Å². The molecule has 6 heteroatoms. The Kier molecular flexibility index (Phi) is 9.42. The average molecular weight is 377 g/mol. The molecule has 1 saturated heterocycles. The molecule has 1 aliphatic rings. The van der Waals surface area contributed by atoms with Crippen LogP contribution in [-0.4, -0.2) is 63.4 Å². The van der Waals surface area contributed by atoms with Gasteiger partial charge in [-0.05, 0) is 38.3 Å². The molecule has 0 spiro atoms. The molecule has 2 N–H and O–H groups in total. The fraction of sp³-hybridized carbons (Fsp3) is 0.667. The predicted molar refractivity (Wildman–Crippen MR) is 112 cm³/mol. The number of nitrogens with zero attached hydrogens (tertiary/aromatic N) is 2. The van der Waals surface area contributed by atoms with E-state index in [0.29, 0.717) is 19.1 Å². The van der Waals surface area contributed by atoms with Crippen LogP contribution in [-0.2, 0) is 11.3 Å². The third-order valence-corrected chi connectivity index (χ3v) is 4.57. The smallest absolute Gasteiger partial charge is 0.191 e. The lowest BCUT2D eigenvalue weighted by molar-refractivity contribution is 0.0320. The topological polar surface area (TPSA) is 58.1 Å². The Hall–Kier alpha value is -1.79. The summed E-state index contributed by atoms with van der Waals surface area (Å²) in [7, 11) is 0.